The van der Waals surface area contributed by atoms with E-state index in [-0.39, 0.29) is 11.3 Å². The second kappa shape index (κ2) is 3.46. The van der Waals surface area contributed by atoms with Gasteiger partial charge in [0.05, 0.1) is 0 Å². The number of nitrogens with one attached hydrogen (secondary N) is 1. The molecule has 0 aromatic carbocycles. The lowest BCUT2D eigenvalue weighted by atomic mass is 9.78. The van der Waals surface area contributed by atoms with Gasteiger partial charge in [-0.25, -0.2) is 4.79 Å². The molecule has 78 valence electrons. The van der Waals surface area contributed by atoms with E-state index in [0.29, 0.717) is 6.42 Å². The third kappa shape index (κ3) is 1.49. The minimum absolute atomic E-state index is 0.111. The van der Waals surface area contributed by atoms with E-state index in [9.17, 15) is 9.59 Å². The molecule has 14 heavy (non-hydrogen) atoms. The summed E-state index contributed by atoms with van der Waals surface area (Å²) in [6.07, 6.45) is 2.26. The highest BCUT2D eigenvalue weighted by Gasteiger charge is 2.51. The molecule has 2 rings (SSSR count). The summed E-state index contributed by atoms with van der Waals surface area (Å²) < 4.78 is 0. The van der Waals surface area contributed by atoms with Crippen molar-refractivity contribution in [1.82, 2.24) is 5.32 Å². The highest BCUT2D eigenvalue weighted by atomic mass is 32.2. The molecular formula is C9H13NO3S. The minimum Gasteiger partial charge on any atom is -0.480 e. The zero-order valence-electron chi connectivity index (χ0n) is 7.78. The molecular weight excluding hydrogens is 202 g/mol. The number of aliphatic carboxylic acids is 1. The van der Waals surface area contributed by atoms with Crippen LogP contribution in [-0.2, 0) is 9.59 Å². The Balaban J connectivity index is 2.21. The normalized spacial score (nSPS) is 37.1. The van der Waals surface area contributed by atoms with Crippen LogP contribution in [0.2, 0.25) is 0 Å². The molecule has 0 bridgehead atoms. The van der Waals surface area contributed by atoms with E-state index in [2.05, 4.69) is 5.32 Å². The Morgan fingerprint density at radius 1 is 1.64 bits per heavy atom. The van der Waals surface area contributed by atoms with Crippen LogP contribution >= 0.6 is 11.8 Å². The number of carbonyl (C=O) groups excluding carboxylic acids is 1. The Hall–Kier alpha value is -0.710. The molecule has 1 spiro atoms. The van der Waals surface area contributed by atoms with E-state index in [1.165, 1.54) is 0 Å². The summed E-state index contributed by atoms with van der Waals surface area (Å²) in [4.78, 5) is 22.2. The molecule has 0 radical (unpaired) electrons. The fraction of sp³-hybridized carbons (Fsp3) is 0.778. The lowest BCUT2D eigenvalue weighted by Crippen LogP contribution is -2.46. The lowest BCUT2D eigenvalue weighted by Gasteiger charge is -2.34. The summed E-state index contributed by atoms with van der Waals surface area (Å²) in [6, 6.07) is -0.664. The second-order valence-corrected chi connectivity index (χ2v) is 5.14. The van der Waals surface area contributed by atoms with E-state index in [1.54, 1.807) is 11.8 Å². The molecule has 0 aromatic rings. The number of rotatable bonds is 1. The van der Waals surface area contributed by atoms with Crippen molar-refractivity contribution in [3.63, 3.8) is 0 Å². The van der Waals surface area contributed by atoms with Crippen LogP contribution in [0.15, 0.2) is 0 Å². The quantitative estimate of drug-likeness (QED) is 0.667. The summed E-state index contributed by atoms with van der Waals surface area (Å²) in [5.41, 5.74) is -0.314. The molecule has 1 amide bonds. The van der Waals surface area contributed by atoms with Gasteiger partial charge >= 0.3 is 5.97 Å². The highest BCUT2D eigenvalue weighted by molar-refractivity contribution is 7.99. The van der Waals surface area contributed by atoms with Gasteiger partial charge in [-0.05, 0) is 18.6 Å². The number of carbonyl (C=O) groups is 2. The van der Waals surface area contributed by atoms with E-state index < -0.39 is 12.0 Å². The second-order valence-electron chi connectivity index (χ2n) is 4.03. The van der Waals surface area contributed by atoms with Crippen LogP contribution < -0.4 is 5.32 Å². The average Bonchev–Trinajstić information content (AvgIpc) is 2.44. The van der Waals surface area contributed by atoms with Gasteiger partial charge in [0.1, 0.15) is 6.04 Å². The van der Waals surface area contributed by atoms with Crippen molar-refractivity contribution < 1.29 is 14.7 Å². The number of carboxylic acid groups (broad SMARTS) is 1. The Kier molecular flexibility index (Phi) is 2.43. The third-order valence-corrected chi connectivity index (χ3v) is 4.39. The van der Waals surface area contributed by atoms with Crippen LogP contribution in [0.5, 0.6) is 0 Å². The first-order valence-electron chi connectivity index (χ1n) is 4.74. The van der Waals surface area contributed by atoms with E-state index >= 15 is 0 Å². The SMILES string of the molecule is O=C1CC2(CCCSC2)C(C(=O)O)N1. The Labute approximate surface area is 86.4 Å². The van der Waals surface area contributed by atoms with Crippen molar-refractivity contribution >= 4 is 23.6 Å². The van der Waals surface area contributed by atoms with Gasteiger partial charge in [-0.2, -0.15) is 11.8 Å². The van der Waals surface area contributed by atoms with Gasteiger partial charge in [-0.1, -0.05) is 0 Å². The summed E-state index contributed by atoms with van der Waals surface area (Å²) in [5, 5.41) is 11.6. The third-order valence-electron chi connectivity index (χ3n) is 3.03. The molecule has 2 fully saturated rings. The van der Waals surface area contributed by atoms with E-state index in [0.717, 1.165) is 24.3 Å². The van der Waals surface area contributed by atoms with Crippen molar-refractivity contribution in [3.05, 3.63) is 0 Å². The number of amides is 1. The standard InChI is InChI=1S/C9H13NO3S/c11-6-4-9(2-1-3-14-5-9)7(10-6)8(12)13/h7H,1-5H2,(H,10,11)(H,12,13). The Morgan fingerprint density at radius 2 is 2.43 bits per heavy atom. The molecule has 2 heterocycles. The summed E-state index contributed by atoms with van der Waals surface area (Å²) in [6.45, 7) is 0. The zero-order valence-corrected chi connectivity index (χ0v) is 8.60. The van der Waals surface area contributed by atoms with Crippen molar-refractivity contribution in [3.8, 4) is 0 Å². The van der Waals surface area contributed by atoms with Gasteiger partial charge in [-0.3, -0.25) is 4.79 Å². The maximum Gasteiger partial charge on any atom is 0.326 e. The van der Waals surface area contributed by atoms with Crippen molar-refractivity contribution in [2.75, 3.05) is 11.5 Å². The fourth-order valence-corrected chi connectivity index (χ4v) is 3.66. The zero-order chi connectivity index (χ0) is 10.2. The van der Waals surface area contributed by atoms with Crippen LogP contribution in [0.4, 0.5) is 0 Å². The van der Waals surface area contributed by atoms with Crippen LogP contribution in [0.25, 0.3) is 0 Å². The van der Waals surface area contributed by atoms with Gasteiger partial charge in [0, 0.05) is 17.6 Å². The first kappa shape index (κ1) is 9.83. The fourth-order valence-electron chi connectivity index (χ4n) is 2.35. The molecule has 5 heteroatoms. The Bertz CT molecular complexity index is 273. The van der Waals surface area contributed by atoms with E-state index in [1.807, 2.05) is 0 Å². The molecule has 4 nitrogen and oxygen atoms in total. The Morgan fingerprint density at radius 3 is 3.00 bits per heavy atom. The molecule has 0 aromatic heterocycles. The van der Waals surface area contributed by atoms with Crippen LogP contribution in [0.3, 0.4) is 0 Å². The van der Waals surface area contributed by atoms with Crippen molar-refractivity contribution in [1.29, 1.82) is 0 Å². The van der Waals surface area contributed by atoms with Gasteiger partial charge in [-0.15, -0.1) is 0 Å². The number of thioether (sulfide) groups is 1. The van der Waals surface area contributed by atoms with Gasteiger partial charge in [0.15, 0.2) is 0 Å². The van der Waals surface area contributed by atoms with Crippen molar-refractivity contribution in [2.24, 2.45) is 5.41 Å². The molecule has 2 aliphatic heterocycles. The summed E-state index contributed by atoms with van der Waals surface area (Å²) in [7, 11) is 0. The molecule has 0 saturated carbocycles. The van der Waals surface area contributed by atoms with Crippen molar-refractivity contribution in [2.45, 2.75) is 25.3 Å². The average molecular weight is 215 g/mol. The van der Waals surface area contributed by atoms with Gasteiger partial charge in [0.2, 0.25) is 5.91 Å². The highest BCUT2D eigenvalue weighted by Crippen LogP contribution is 2.43. The monoisotopic (exact) mass is 215 g/mol. The van der Waals surface area contributed by atoms with Gasteiger partial charge < -0.3 is 10.4 Å². The smallest absolute Gasteiger partial charge is 0.326 e. The maximum absolute atomic E-state index is 11.2. The number of hydrogen-bond acceptors (Lipinski definition) is 3. The lowest BCUT2D eigenvalue weighted by molar-refractivity contribution is -0.142. The van der Waals surface area contributed by atoms with Crippen LogP contribution in [0.1, 0.15) is 19.3 Å². The predicted molar refractivity (Wildman–Crippen MR) is 53.2 cm³/mol. The van der Waals surface area contributed by atoms with E-state index in [4.69, 9.17) is 5.11 Å². The van der Waals surface area contributed by atoms with Crippen LogP contribution in [0, 0.1) is 5.41 Å². The number of carboxylic acids is 1. The largest absolute Gasteiger partial charge is 0.480 e. The molecule has 2 N–H and O–H groups in total. The summed E-state index contributed by atoms with van der Waals surface area (Å²) in [5.74, 6) is 0.878. The topological polar surface area (TPSA) is 66.4 Å². The predicted octanol–water partition coefficient (Wildman–Crippen LogP) is 0.473. The first-order chi connectivity index (χ1) is 6.64. The summed E-state index contributed by atoms with van der Waals surface area (Å²) >= 11 is 1.76. The molecule has 0 aliphatic carbocycles. The minimum atomic E-state index is -0.890. The molecule has 2 atom stereocenters. The molecule has 2 saturated heterocycles. The van der Waals surface area contributed by atoms with Crippen LogP contribution in [-0.4, -0.2) is 34.5 Å². The molecule has 2 aliphatic rings. The first-order valence-corrected chi connectivity index (χ1v) is 5.89. The van der Waals surface area contributed by atoms with Gasteiger partial charge in [0.25, 0.3) is 0 Å². The maximum atomic E-state index is 11.2. The molecule has 2 unspecified atom stereocenters. The number of hydrogen-bond donors (Lipinski definition) is 2.